The molecule has 0 rings (SSSR count). The van der Waals surface area contributed by atoms with Gasteiger partial charge in [0.05, 0.1) is 5.75 Å². The summed E-state index contributed by atoms with van der Waals surface area (Å²) >= 11 is 0. The Morgan fingerprint density at radius 3 is 2.27 bits per heavy atom. The van der Waals surface area contributed by atoms with E-state index in [0.29, 0.717) is 6.42 Å². The van der Waals surface area contributed by atoms with E-state index < -0.39 is 10.1 Å². The Kier molecular flexibility index (Phi) is 4.63. The molecule has 0 aromatic heterocycles. The standard InChI is InChI=1S/C6H14O4S/c1-2-3-6(4-7)5-11(8,9)10/h6-7H,2-5H2,1H3,(H,8,9,10). The molecule has 0 aromatic rings. The van der Waals surface area contributed by atoms with E-state index in [1.54, 1.807) is 0 Å². The van der Waals surface area contributed by atoms with Crippen molar-refractivity contribution in [2.24, 2.45) is 5.92 Å². The van der Waals surface area contributed by atoms with Gasteiger partial charge in [0.1, 0.15) is 0 Å². The average Bonchev–Trinajstić information content (AvgIpc) is 1.84. The first-order valence-electron chi connectivity index (χ1n) is 3.55. The van der Waals surface area contributed by atoms with Crippen LogP contribution in [0.4, 0.5) is 0 Å². The lowest BCUT2D eigenvalue weighted by Gasteiger charge is -2.09. The third-order valence-electron chi connectivity index (χ3n) is 1.40. The molecule has 1 unspecified atom stereocenters. The molecule has 5 heteroatoms. The second-order valence-corrected chi connectivity index (χ2v) is 4.08. The fourth-order valence-electron chi connectivity index (χ4n) is 0.933. The van der Waals surface area contributed by atoms with Gasteiger partial charge >= 0.3 is 0 Å². The third kappa shape index (κ3) is 6.28. The molecule has 2 N–H and O–H groups in total. The Bertz CT molecular complexity index is 185. The van der Waals surface area contributed by atoms with Gasteiger partial charge in [-0.05, 0) is 12.3 Å². The van der Waals surface area contributed by atoms with Crippen LogP contribution >= 0.6 is 0 Å². The van der Waals surface area contributed by atoms with Gasteiger partial charge < -0.3 is 5.11 Å². The van der Waals surface area contributed by atoms with Gasteiger partial charge in [0.2, 0.25) is 0 Å². The highest BCUT2D eigenvalue weighted by molar-refractivity contribution is 7.85. The third-order valence-corrected chi connectivity index (χ3v) is 2.29. The molecule has 0 spiro atoms. The van der Waals surface area contributed by atoms with E-state index in [1.807, 2.05) is 6.92 Å². The van der Waals surface area contributed by atoms with Crippen LogP contribution in [0.5, 0.6) is 0 Å². The molecule has 4 nitrogen and oxygen atoms in total. The smallest absolute Gasteiger partial charge is 0.265 e. The van der Waals surface area contributed by atoms with Crippen LogP contribution in [0.25, 0.3) is 0 Å². The predicted molar refractivity (Wildman–Crippen MR) is 41.9 cm³/mol. The summed E-state index contributed by atoms with van der Waals surface area (Å²) in [6.07, 6.45) is 1.43. The number of aliphatic hydroxyl groups is 1. The molecule has 0 amide bonds. The number of aliphatic hydroxyl groups excluding tert-OH is 1. The van der Waals surface area contributed by atoms with Crippen molar-refractivity contribution in [3.05, 3.63) is 0 Å². The monoisotopic (exact) mass is 182 g/mol. The van der Waals surface area contributed by atoms with E-state index in [1.165, 1.54) is 0 Å². The highest BCUT2D eigenvalue weighted by atomic mass is 32.2. The molecule has 0 bridgehead atoms. The second kappa shape index (κ2) is 4.69. The van der Waals surface area contributed by atoms with Crippen molar-refractivity contribution >= 4 is 10.1 Å². The molecule has 0 fully saturated rings. The molecular weight excluding hydrogens is 168 g/mol. The van der Waals surface area contributed by atoms with Crippen LogP contribution in [0.15, 0.2) is 0 Å². The zero-order valence-corrected chi connectivity index (χ0v) is 7.34. The summed E-state index contributed by atoms with van der Waals surface area (Å²) < 4.78 is 29.0. The van der Waals surface area contributed by atoms with E-state index in [0.717, 1.165) is 6.42 Å². The van der Waals surface area contributed by atoms with E-state index in [2.05, 4.69) is 0 Å². The molecule has 68 valence electrons. The first-order chi connectivity index (χ1) is 4.99. The van der Waals surface area contributed by atoms with Gasteiger partial charge in [-0.2, -0.15) is 8.42 Å². The van der Waals surface area contributed by atoms with Crippen LogP contribution in [0.1, 0.15) is 19.8 Å². The van der Waals surface area contributed by atoms with Gasteiger partial charge in [0.25, 0.3) is 10.1 Å². The van der Waals surface area contributed by atoms with Crippen LogP contribution < -0.4 is 0 Å². The van der Waals surface area contributed by atoms with Crippen LogP contribution in [-0.2, 0) is 10.1 Å². The Labute approximate surface area is 67.0 Å². The van der Waals surface area contributed by atoms with Crippen LogP contribution in [0, 0.1) is 5.92 Å². The topological polar surface area (TPSA) is 74.6 Å². The summed E-state index contributed by atoms with van der Waals surface area (Å²) in [7, 11) is -3.92. The Hall–Kier alpha value is -0.130. The molecule has 0 heterocycles. The summed E-state index contributed by atoms with van der Waals surface area (Å²) in [6, 6.07) is 0. The van der Waals surface area contributed by atoms with Crippen LogP contribution in [0.2, 0.25) is 0 Å². The van der Waals surface area contributed by atoms with Crippen molar-refractivity contribution < 1.29 is 18.1 Å². The van der Waals surface area contributed by atoms with Crippen molar-refractivity contribution in [3.63, 3.8) is 0 Å². The van der Waals surface area contributed by atoms with Crippen molar-refractivity contribution in [2.75, 3.05) is 12.4 Å². The van der Waals surface area contributed by atoms with E-state index >= 15 is 0 Å². The van der Waals surface area contributed by atoms with Crippen molar-refractivity contribution in [1.82, 2.24) is 0 Å². The van der Waals surface area contributed by atoms with E-state index in [9.17, 15) is 8.42 Å². The van der Waals surface area contributed by atoms with Crippen LogP contribution in [-0.4, -0.2) is 30.4 Å². The Morgan fingerprint density at radius 1 is 1.45 bits per heavy atom. The molecular formula is C6H14O4S. The van der Waals surface area contributed by atoms with Gasteiger partial charge in [-0.1, -0.05) is 13.3 Å². The van der Waals surface area contributed by atoms with Crippen LogP contribution in [0.3, 0.4) is 0 Å². The van der Waals surface area contributed by atoms with E-state index in [-0.39, 0.29) is 18.3 Å². The molecule has 11 heavy (non-hydrogen) atoms. The Morgan fingerprint density at radius 2 is 2.00 bits per heavy atom. The summed E-state index contributed by atoms with van der Waals surface area (Å²) in [5, 5.41) is 8.64. The molecule has 0 aliphatic rings. The molecule has 0 radical (unpaired) electrons. The van der Waals surface area contributed by atoms with Crippen molar-refractivity contribution in [3.8, 4) is 0 Å². The fourth-order valence-corrected chi connectivity index (χ4v) is 1.80. The maximum absolute atomic E-state index is 10.3. The highest BCUT2D eigenvalue weighted by Gasteiger charge is 2.14. The summed E-state index contributed by atoms with van der Waals surface area (Å²) in [5.41, 5.74) is 0. The predicted octanol–water partition coefficient (Wildman–Crippen LogP) is 0.283. The zero-order chi connectivity index (χ0) is 8.91. The second-order valence-electron chi connectivity index (χ2n) is 2.59. The van der Waals surface area contributed by atoms with Gasteiger partial charge in [-0.15, -0.1) is 0 Å². The lowest BCUT2D eigenvalue weighted by Crippen LogP contribution is -2.18. The number of hydrogen-bond acceptors (Lipinski definition) is 3. The minimum absolute atomic E-state index is 0.187. The Balaban J connectivity index is 3.88. The number of hydrogen-bond donors (Lipinski definition) is 2. The molecule has 0 aliphatic heterocycles. The number of rotatable bonds is 5. The van der Waals surface area contributed by atoms with Crippen molar-refractivity contribution in [2.45, 2.75) is 19.8 Å². The quantitative estimate of drug-likeness (QED) is 0.599. The van der Waals surface area contributed by atoms with Gasteiger partial charge in [0, 0.05) is 6.61 Å². The molecule has 0 saturated carbocycles. The molecule has 1 atom stereocenters. The van der Waals surface area contributed by atoms with Gasteiger partial charge in [-0.25, -0.2) is 0 Å². The summed E-state index contributed by atoms with van der Waals surface area (Å²) in [4.78, 5) is 0. The lowest BCUT2D eigenvalue weighted by atomic mass is 10.1. The van der Waals surface area contributed by atoms with Gasteiger partial charge in [0.15, 0.2) is 0 Å². The zero-order valence-electron chi connectivity index (χ0n) is 6.52. The molecule has 0 saturated heterocycles. The summed E-state index contributed by atoms with van der Waals surface area (Å²) in [5.74, 6) is -0.660. The molecule has 0 aromatic carbocycles. The lowest BCUT2D eigenvalue weighted by molar-refractivity contribution is 0.229. The van der Waals surface area contributed by atoms with Crippen molar-refractivity contribution in [1.29, 1.82) is 0 Å². The first-order valence-corrected chi connectivity index (χ1v) is 5.16. The van der Waals surface area contributed by atoms with Gasteiger partial charge in [-0.3, -0.25) is 4.55 Å². The highest BCUT2D eigenvalue weighted by Crippen LogP contribution is 2.07. The fraction of sp³-hybridized carbons (Fsp3) is 1.00. The first kappa shape index (κ1) is 10.9. The van der Waals surface area contributed by atoms with E-state index in [4.69, 9.17) is 9.66 Å². The normalized spacial score (nSPS) is 14.8. The maximum Gasteiger partial charge on any atom is 0.265 e. The maximum atomic E-state index is 10.3. The minimum Gasteiger partial charge on any atom is -0.396 e. The average molecular weight is 182 g/mol. The molecule has 0 aliphatic carbocycles. The summed E-state index contributed by atoms with van der Waals surface area (Å²) in [6.45, 7) is 1.71. The largest absolute Gasteiger partial charge is 0.396 e. The minimum atomic E-state index is -3.92. The SMILES string of the molecule is CCCC(CO)CS(=O)(=O)O.